The third-order valence-electron chi connectivity index (χ3n) is 3.42. The number of nitrogens with zero attached hydrogens (tertiary/aromatic N) is 4. The number of hydrogen-bond donors (Lipinski definition) is 1. The number of nitrogens with one attached hydrogen (secondary N) is 1. The lowest BCUT2D eigenvalue weighted by atomic mass is 10.2. The van der Waals surface area contributed by atoms with Crippen LogP contribution in [0.25, 0.3) is 0 Å². The number of morpholine rings is 1. The Morgan fingerprint density at radius 1 is 1.43 bits per heavy atom. The summed E-state index contributed by atoms with van der Waals surface area (Å²) in [5.74, 6) is 0.208. The van der Waals surface area contributed by atoms with Gasteiger partial charge < -0.3 is 15.0 Å². The first-order valence-corrected chi connectivity index (χ1v) is 7.63. The maximum absolute atomic E-state index is 12.0. The maximum Gasteiger partial charge on any atom is 0.222 e. The molecule has 1 saturated heterocycles. The van der Waals surface area contributed by atoms with Crippen LogP contribution >= 0.6 is 0 Å². The largest absolute Gasteiger partial charge is 0.378 e. The fourth-order valence-corrected chi connectivity index (χ4v) is 2.20. The number of ether oxygens (including phenoxy) is 1. The van der Waals surface area contributed by atoms with Gasteiger partial charge in [0.25, 0.3) is 0 Å². The number of hydrogen-bond acceptors (Lipinski definition) is 5. The van der Waals surface area contributed by atoms with Gasteiger partial charge in [-0.2, -0.15) is 0 Å². The maximum atomic E-state index is 12.0. The van der Waals surface area contributed by atoms with Crippen LogP contribution in [0.5, 0.6) is 0 Å². The normalized spacial score (nSPS) is 15.7. The second kappa shape index (κ2) is 8.09. The van der Waals surface area contributed by atoms with Crippen LogP contribution in [0.15, 0.2) is 6.20 Å². The fourth-order valence-electron chi connectivity index (χ4n) is 2.20. The Morgan fingerprint density at radius 2 is 2.19 bits per heavy atom. The van der Waals surface area contributed by atoms with Crippen LogP contribution in [0.4, 0.5) is 0 Å². The molecule has 118 valence electrons. The van der Waals surface area contributed by atoms with Crippen molar-refractivity contribution >= 4 is 5.91 Å². The van der Waals surface area contributed by atoms with Gasteiger partial charge in [-0.15, -0.1) is 5.10 Å². The minimum absolute atomic E-state index is 0.208. The monoisotopic (exact) mass is 295 g/mol. The van der Waals surface area contributed by atoms with E-state index >= 15 is 0 Å². The van der Waals surface area contributed by atoms with Crippen LogP contribution in [-0.2, 0) is 22.6 Å². The molecule has 21 heavy (non-hydrogen) atoms. The SMILES string of the molecule is CC(C)NCc1cn(CCCC(=O)N2CCOCC2)nn1. The second-order valence-electron chi connectivity index (χ2n) is 5.61. The van der Waals surface area contributed by atoms with E-state index in [1.807, 2.05) is 15.8 Å². The zero-order chi connectivity index (χ0) is 15.1. The Kier molecular flexibility index (Phi) is 6.13. The Morgan fingerprint density at radius 3 is 2.90 bits per heavy atom. The van der Waals surface area contributed by atoms with Gasteiger partial charge in [-0.3, -0.25) is 9.48 Å². The minimum Gasteiger partial charge on any atom is -0.378 e. The Balaban J connectivity index is 1.67. The molecular weight excluding hydrogens is 270 g/mol. The molecule has 2 rings (SSSR count). The molecular formula is C14H25N5O2. The summed E-state index contributed by atoms with van der Waals surface area (Å²) in [6, 6.07) is 0.432. The molecule has 7 heteroatoms. The lowest BCUT2D eigenvalue weighted by Crippen LogP contribution is -2.40. The first-order valence-electron chi connectivity index (χ1n) is 7.63. The molecule has 1 aromatic rings. The average molecular weight is 295 g/mol. The molecule has 0 atom stereocenters. The first-order chi connectivity index (χ1) is 10.1. The van der Waals surface area contributed by atoms with Crippen molar-refractivity contribution in [3.63, 3.8) is 0 Å². The summed E-state index contributed by atoms with van der Waals surface area (Å²) in [7, 11) is 0. The highest BCUT2D eigenvalue weighted by Gasteiger charge is 2.16. The zero-order valence-corrected chi connectivity index (χ0v) is 12.9. The number of aryl methyl sites for hydroxylation is 1. The lowest BCUT2D eigenvalue weighted by molar-refractivity contribution is -0.135. The van der Waals surface area contributed by atoms with Crippen LogP contribution in [-0.4, -0.2) is 58.1 Å². The van der Waals surface area contributed by atoms with Crippen LogP contribution in [0.1, 0.15) is 32.4 Å². The molecule has 1 N–H and O–H groups in total. The van der Waals surface area contributed by atoms with Gasteiger partial charge in [0, 0.05) is 44.8 Å². The van der Waals surface area contributed by atoms with Crippen molar-refractivity contribution in [1.82, 2.24) is 25.2 Å². The van der Waals surface area contributed by atoms with Crippen molar-refractivity contribution in [2.45, 2.75) is 45.8 Å². The van der Waals surface area contributed by atoms with Crippen molar-refractivity contribution < 1.29 is 9.53 Å². The molecule has 1 aliphatic rings. The highest BCUT2D eigenvalue weighted by atomic mass is 16.5. The third kappa shape index (κ3) is 5.43. The van der Waals surface area contributed by atoms with E-state index in [4.69, 9.17) is 4.74 Å². The summed E-state index contributed by atoms with van der Waals surface area (Å²) in [5, 5.41) is 11.5. The van der Waals surface area contributed by atoms with Gasteiger partial charge in [0.05, 0.1) is 18.9 Å². The van der Waals surface area contributed by atoms with E-state index in [1.165, 1.54) is 0 Å². The highest BCUT2D eigenvalue weighted by Crippen LogP contribution is 2.04. The van der Waals surface area contributed by atoms with E-state index in [9.17, 15) is 4.79 Å². The summed E-state index contributed by atoms with van der Waals surface area (Å²) in [6.45, 7) is 8.39. The zero-order valence-electron chi connectivity index (χ0n) is 12.9. The number of amides is 1. The first kappa shape index (κ1) is 15.9. The van der Waals surface area contributed by atoms with E-state index < -0.39 is 0 Å². The van der Waals surface area contributed by atoms with Crippen molar-refractivity contribution in [3.8, 4) is 0 Å². The number of rotatable bonds is 7. The van der Waals surface area contributed by atoms with Gasteiger partial charge in [-0.1, -0.05) is 19.1 Å². The van der Waals surface area contributed by atoms with Gasteiger partial charge in [0.1, 0.15) is 0 Å². The number of carbonyl (C=O) groups excluding carboxylic acids is 1. The Bertz CT molecular complexity index is 440. The lowest BCUT2D eigenvalue weighted by Gasteiger charge is -2.26. The van der Waals surface area contributed by atoms with Crippen molar-refractivity contribution in [2.75, 3.05) is 26.3 Å². The topological polar surface area (TPSA) is 72.3 Å². The predicted octanol–water partition coefficient (Wildman–Crippen LogP) is 0.415. The van der Waals surface area contributed by atoms with Gasteiger partial charge in [0.2, 0.25) is 5.91 Å². The molecule has 1 fully saturated rings. The van der Waals surface area contributed by atoms with Crippen molar-refractivity contribution in [3.05, 3.63) is 11.9 Å². The molecule has 0 radical (unpaired) electrons. The quantitative estimate of drug-likeness (QED) is 0.789. The second-order valence-corrected chi connectivity index (χ2v) is 5.61. The summed E-state index contributed by atoms with van der Waals surface area (Å²) in [5.41, 5.74) is 0.934. The molecule has 0 aromatic carbocycles. The standard InChI is InChI=1S/C14H25N5O2/c1-12(2)15-10-13-11-19(17-16-13)5-3-4-14(20)18-6-8-21-9-7-18/h11-12,15H,3-10H2,1-2H3. The summed E-state index contributed by atoms with van der Waals surface area (Å²) < 4.78 is 7.05. The van der Waals surface area contributed by atoms with Gasteiger partial charge in [0.15, 0.2) is 0 Å². The average Bonchev–Trinajstić information content (AvgIpc) is 2.94. The number of carbonyl (C=O) groups is 1. The van der Waals surface area contributed by atoms with E-state index in [1.54, 1.807) is 0 Å². The summed E-state index contributed by atoms with van der Waals surface area (Å²) in [4.78, 5) is 13.9. The Labute approximate surface area is 125 Å². The molecule has 0 aliphatic carbocycles. The molecule has 0 bridgehead atoms. The van der Waals surface area contributed by atoms with E-state index in [0.29, 0.717) is 38.8 Å². The molecule has 2 heterocycles. The Hall–Kier alpha value is -1.47. The highest BCUT2D eigenvalue weighted by molar-refractivity contribution is 5.76. The van der Waals surface area contributed by atoms with Crippen molar-refractivity contribution in [2.24, 2.45) is 0 Å². The van der Waals surface area contributed by atoms with Gasteiger partial charge in [-0.05, 0) is 6.42 Å². The summed E-state index contributed by atoms with van der Waals surface area (Å²) >= 11 is 0. The van der Waals surface area contributed by atoms with Crippen LogP contribution in [0, 0.1) is 0 Å². The van der Waals surface area contributed by atoms with Gasteiger partial charge >= 0.3 is 0 Å². The number of aromatic nitrogens is 3. The molecule has 1 aromatic heterocycles. The van der Waals surface area contributed by atoms with Crippen LogP contribution in [0.3, 0.4) is 0 Å². The molecule has 0 unspecified atom stereocenters. The minimum atomic E-state index is 0.208. The fraction of sp³-hybridized carbons (Fsp3) is 0.786. The summed E-state index contributed by atoms with van der Waals surface area (Å²) in [6.07, 6.45) is 3.28. The van der Waals surface area contributed by atoms with E-state index in [0.717, 1.165) is 25.2 Å². The van der Waals surface area contributed by atoms with Crippen LogP contribution in [0.2, 0.25) is 0 Å². The molecule has 1 aliphatic heterocycles. The molecule has 0 saturated carbocycles. The van der Waals surface area contributed by atoms with E-state index in [-0.39, 0.29) is 5.91 Å². The van der Waals surface area contributed by atoms with Crippen LogP contribution < -0.4 is 5.32 Å². The molecule has 1 amide bonds. The molecule has 0 spiro atoms. The van der Waals surface area contributed by atoms with Crippen molar-refractivity contribution in [1.29, 1.82) is 0 Å². The van der Waals surface area contributed by atoms with E-state index in [2.05, 4.69) is 29.5 Å². The molecule has 7 nitrogen and oxygen atoms in total. The van der Waals surface area contributed by atoms with Gasteiger partial charge in [-0.25, -0.2) is 0 Å². The smallest absolute Gasteiger partial charge is 0.222 e. The predicted molar refractivity (Wildman–Crippen MR) is 78.6 cm³/mol. The third-order valence-corrected chi connectivity index (χ3v) is 3.42.